The molecule has 2 rings (SSSR count). The molecule has 1 aromatic carbocycles. The van der Waals surface area contributed by atoms with Crippen molar-refractivity contribution in [2.24, 2.45) is 0 Å². The van der Waals surface area contributed by atoms with Gasteiger partial charge in [-0.1, -0.05) is 65.7 Å². The Morgan fingerprint density at radius 3 is 1.40 bits per heavy atom. The minimum atomic E-state index is 0. The summed E-state index contributed by atoms with van der Waals surface area (Å²) < 4.78 is 0. The van der Waals surface area contributed by atoms with Crippen LogP contribution in [-0.2, 0) is 26.2 Å². The third kappa shape index (κ3) is 8.08. The quantitative estimate of drug-likeness (QED) is 0.645. The maximum absolute atomic E-state index is 5.55. The first-order chi connectivity index (χ1) is 6.30. The summed E-state index contributed by atoms with van der Waals surface area (Å²) in [6, 6.07) is 12.0. The van der Waals surface area contributed by atoms with Crippen LogP contribution in [0.25, 0.3) is 0 Å². The van der Waals surface area contributed by atoms with E-state index in [1.54, 1.807) is 0 Å². The average molecular weight is 318 g/mol. The summed E-state index contributed by atoms with van der Waals surface area (Å²) in [4.78, 5) is 0. The Bertz CT molecular complexity index is 283. The first-order valence-corrected chi connectivity index (χ1v) is 4.77. The van der Waals surface area contributed by atoms with Gasteiger partial charge in [0.1, 0.15) is 0 Å². The van der Waals surface area contributed by atoms with Crippen molar-refractivity contribution in [2.45, 2.75) is 6.42 Å². The maximum atomic E-state index is 5.55. The second-order valence-corrected chi connectivity index (χ2v) is 3.38. The Hall–Kier alpha value is 0.228. The monoisotopic (exact) mass is 316 g/mol. The molecule has 0 amide bonds. The summed E-state index contributed by atoms with van der Waals surface area (Å²) in [6.45, 7) is 0. The molecule has 0 nitrogen and oxygen atoms in total. The van der Waals surface area contributed by atoms with Crippen LogP contribution < -0.4 is 0 Å². The zero-order valence-corrected chi connectivity index (χ0v) is 11.6. The Kier molecular flexibility index (Phi) is 12.6. The average Bonchev–Trinajstić information content (AvgIpc) is 2.55. The van der Waals surface area contributed by atoms with E-state index in [9.17, 15) is 0 Å². The summed E-state index contributed by atoms with van der Waals surface area (Å²) in [5.74, 6) is 0. The number of halogens is 2. The van der Waals surface area contributed by atoms with Gasteiger partial charge in [-0.2, -0.15) is 0 Å². The predicted molar refractivity (Wildman–Crippen MR) is 68.9 cm³/mol. The number of hydrogen-bond acceptors (Lipinski definition) is 0. The molecule has 15 heavy (non-hydrogen) atoms. The number of rotatable bonds is 0. The molecule has 4 heteroatoms. The van der Waals surface area contributed by atoms with E-state index in [-0.39, 0.29) is 34.6 Å². The topological polar surface area (TPSA) is 0 Å². The van der Waals surface area contributed by atoms with Crippen LogP contribution in [0, 0.1) is 0 Å². The van der Waals surface area contributed by atoms with Gasteiger partial charge in [-0.05, 0) is 6.08 Å². The van der Waals surface area contributed by atoms with E-state index >= 15 is 0 Å². The van der Waals surface area contributed by atoms with Crippen LogP contribution in [0.4, 0.5) is 0 Å². The van der Waals surface area contributed by atoms with Crippen LogP contribution in [-0.4, -0.2) is 8.41 Å². The predicted octanol–water partition coefficient (Wildman–Crippen LogP) is 3.14. The van der Waals surface area contributed by atoms with Crippen LogP contribution in [0.3, 0.4) is 0 Å². The molecule has 78 valence electrons. The smallest absolute Gasteiger partial charge is 0.0814 e. The maximum Gasteiger partial charge on any atom is 0.0814 e. The Labute approximate surface area is 122 Å². The molecule has 0 aliphatic heterocycles. The van der Waals surface area contributed by atoms with Crippen LogP contribution >= 0.6 is 23.2 Å². The standard InChI is InChI=1S/C6H6.C5H4Cl2.BH3.Zr/c1-2-4-6-5-3-1;6-4-2-1-3-5(4)7;;/h1-6H;1-2H,3H2;1H3;. The molecular formula is C11H13BCl2Zr. The van der Waals surface area contributed by atoms with Gasteiger partial charge in [-0.25, -0.2) is 0 Å². The summed E-state index contributed by atoms with van der Waals surface area (Å²) in [5.41, 5.74) is 0. The first-order valence-electron chi connectivity index (χ1n) is 4.01. The molecule has 0 heterocycles. The molecule has 0 N–H and O–H groups in total. The van der Waals surface area contributed by atoms with E-state index in [4.69, 9.17) is 23.2 Å². The van der Waals surface area contributed by atoms with Gasteiger partial charge in [-0.15, -0.1) is 0 Å². The molecule has 0 aromatic heterocycles. The molecule has 1 aromatic rings. The van der Waals surface area contributed by atoms with Crippen molar-refractivity contribution in [3.8, 4) is 0 Å². The van der Waals surface area contributed by atoms with Crippen LogP contribution in [0.15, 0.2) is 58.6 Å². The fourth-order valence-electron chi connectivity index (χ4n) is 0.839. The van der Waals surface area contributed by atoms with Crippen molar-refractivity contribution in [1.29, 1.82) is 0 Å². The number of allylic oxidation sites excluding steroid dienone is 4. The van der Waals surface area contributed by atoms with Gasteiger partial charge in [0.05, 0.1) is 13.4 Å². The van der Waals surface area contributed by atoms with E-state index in [2.05, 4.69) is 0 Å². The van der Waals surface area contributed by atoms with E-state index in [0.717, 1.165) is 11.5 Å². The zero-order valence-electron chi connectivity index (χ0n) is 7.58. The van der Waals surface area contributed by atoms with Crippen molar-refractivity contribution in [3.05, 3.63) is 58.6 Å². The SMILES string of the molecule is B.ClC1=C(Cl)CC=C1.[Zr].c1ccccc1. The van der Waals surface area contributed by atoms with Crippen LogP contribution in [0.5, 0.6) is 0 Å². The van der Waals surface area contributed by atoms with Crippen LogP contribution in [0.2, 0.25) is 0 Å². The normalized spacial score (nSPS) is 12.1. The first kappa shape index (κ1) is 17.6. The molecule has 0 saturated carbocycles. The molecule has 0 fully saturated rings. The van der Waals surface area contributed by atoms with Crippen molar-refractivity contribution in [1.82, 2.24) is 0 Å². The Morgan fingerprint density at radius 2 is 1.27 bits per heavy atom. The van der Waals surface area contributed by atoms with Gasteiger partial charge in [0.2, 0.25) is 0 Å². The molecule has 0 spiro atoms. The third-order valence-corrected chi connectivity index (χ3v) is 2.30. The molecule has 0 radical (unpaired) electrons. The van der Waals surface area contributed by atoms with Crippen molar-refractivity contribution in [3.63, 3.8) is 0 Å². The van der Waals surface area contributed by atoms with E-state index in [0.29, 0.717) is 5.03 Å². The minimum Gasteiger partial charge on any atom is -0.0872 e. The number of benzene rings is 1. The molecular weight excluding hydrogens is 305 g/mol. The minimum absolute atomic E-state index is 0. The molecule has 0 bridgehead atoms. The van der Waals surface area contributed by atoms with E-state index < -0.39 is 0 Å². The molecule has 0 saturated heterocycles. The van der Waals surface area contributed by atoms with Gasteiger partial charge < -0.3 is 0 Å². The Morgan fingerprint density at radius 1 is 0.867 bits per heavy atom. The Balaban J connectivity index is 0. The van der Waals surface area contributed by atoms with Crippen molar-refractivity contribution >= 4 is 31.6 Å². The van der Waals surface area contributed by atoms with Gasteiger partial charge in [0, 0.05) is 37.7 Å². The summed E-state index contributed by atoms with van der Waals surface area (Å²) >= 11 is 11.1. The molecule has 1 aliphatic carbocycles. The summed E-state index contributed by atoms with van der Waals surface area (Å²) in [7, 11) is 0. The summed E-state index contributed by atoms with van der Waals surface area (Å²) in [6.07, 6.45) is 4.55. The van der Waals surface area contributed by atoms with Gasteiger partial charge in [0.15, 0.2) is 0 Å². The van der Waals surface area contributed by atoms with Crippen molar-refractivity contribution < 1.29 is 26.2 Å². The largest absolute Gasteiger partial charge is 0.0872 e. The third-order valence-electron chi connectivity index (χ3n) is 1.49. The van der Waals surface area contributed by atoms with Crippen molar-refractivity contribution in [2.75, 3.05) is 0 Å². The molecule has 1 aliphatic rings. The van der Waals surface area contributed by atoms with Gasteiger partial charge in [-0.3, -0.25) is 0 Å². The summed E-state index contributed by atoms with van der Waals surface area (Å²) in [5, 5.41) is 1.43. The van der Waals surface area contributed by atoms with Crippen LogP contribution in [0.1, 0.15) is 6.42 Å². The van der Waals surface area contributed by atoms with Gasteiger partial charge >= 0.3 is 0 Å². The molecule has 0 atom stereocenters. The fraction of sp³-hybridized carbons (Fsp3) is 0.0909. The fourth-order valence-corrected chi connectivity index (χ4v) is 1.16. The van der Waals surface area contributed by atoms with E-state index in [1.165, 1.54) is 0 Å². The van der Waals surface area contributed by atoms with E-state index in [1.807, 2.05) is 48.6 Å². The van der Waals surface area contributed by atoms with Gasteiger partial charge in [0.25, 0.3) is 0 Å². The second kappa shape index (κ2) is 10.7. The number of hydrogen-bond donors (Lipinski definition) is 0. The second-order valence-electron chi connectivity index (χ2n) is 2.51. The zero-order chi connectivity index (χ0) is 9.52. The molecule has 0 unspecified atom stereocenters.